The smallest absolute Gasteiger partial charge is 0.240 e. The van der Waals surface area contributed by atoms with Crippen LogP contribution in [-0.2, 0) is 4.79 Å². The van der Waals surface area contributed by atoms with Crippen molar-refractivity contribution in [3.63, 3.8) is 0 Å². The molecule has 0 saturated carbocycles. The van der Waals surface area contributed by atoms with Crippen LogP contribution in [0.15, 0.2) is 53.6 Å². The summed E-state index contributed by atoms with van der Waals surface area (Å²) in [4.78, 5) is 16.8. The van der Waals surface area contributed by atoms with Gasteiger partial charge < -0.3 is 4.74 Å². The maximum atomic E-state index is 12.3. The quantitative estimate of drug-likeness (QED) is 0.594. The Kier molecular flexibility index (Phi) is 4.77. The van der Waals surface area contributed by atoms with E-state index in [0.717, 1.165) is 33.5 Å². The first kappa shape index (κ1) is 18.4. The molecule has 0 radical (unpaired) electrons. The van der Waals surface area contributed by atoms with Gasteiger partial charge in [0.05, 0.1) is 24.4 Å². The van der Waals surface area contributed by atoms with Crippen LogP contribution in [0.5, 0.6) is 5.75 Å². The summed E-state index contributed by atoms with van der Waals surface area (Å²) in [6, 6.07) is 15.5. The van der Waals surface area contributed by atoms with E-state index in [4.69, 9.17) is 16.3 Å². The van der Waals surface area contributed by atoms with Gasteiger partial charge in [-0.3, -0.25) is 4.79 Å². The number of aromatic nitrogens is 1. The van der Waals surface area contributed by atoms with Crippen molar-refractivity contribution >= 4 is 34.1 Å². The number of halogens is 1. The van der Waals surface area contributed by atoms with E-state index in [0.29, 0.717) is 11.6 Å². The summed E-state index contributed by atoms with van der Waals surface area (Å²) in [5.74, 6) is 0.614. The highest BCUT2D eigenvalue weighted by molar-refractivity contribution is 6.30. The Labute approximate surface area is 168 Å². The Bertz CT molecular complexity index is 1090. The molecular weight excluding hydrogens is 374 g/mol. The third-order valence-electron chi connectivity index (χ3n) is 4.98. The van der Waals surface area contributed by atoms with Crippen LogP contribution in [0.1, 0.15) is 36.1 Å². The number of hydrogen-bond donors (Lipinski definition) is 0. The molecule has 2 heterocycles. The standard InChI is InChI=1S/C22H20ClN3O2/c1-13-4-6-15(7-5-13)20-12-21(26(25-20)14(2)27)18-11-16-10-17(28-3)8-9-19(16)24-22(18)23/h4-11,21H,12H2,1-3H3/t21-/m1/s1. The van der Waals surface area contributed by atoms with E-state index in [1.54, 1.807) is 7.11 Å². The Balaban J connectivity index is 1.76. The molecule has 1 aromatic heterocycles. The highest BCUT2D eigenvalue weighted by atomic mass is 35.5. The van der Waals surface area contributed by atoms with Crippen molar-refractivity contribution in [1.82, 2.24) is 9.99 Å². The van der Waals surface area contributed by atoms with Crippen LogP contribution >= 0.6 is 11.6 Å². The number of benzene rings is 2. The Hall–Kier alpha value is -2.92. The van der Waals surface area contributed by atoms with Gasteiger partial charge in [-0.25, -0.2) is 9.99 Å². The first-order valence-electron chi connectivity index (χ1n) is 9.05. The third-order valence-corrected chi connectivity index (χ3v) is 5.28. The zero-order chi connectivity index (χ0) is 19.8. The van der Waals surface area contributed by atoms with Crippen molar-refractivity contribution in [3.8, 4) is 5.75 Å². The maximum Gasteiger partial charge on any atom is 0.240 e. The Morgan fingerprint density at radius 1 is 1.18 bits per heavy atom. The fourth-order valence-corrected chi connectivity index (χ4v) is 3.74. The van der Waals surface area contributed by atoms with E-state index in [-0.39, 0.29) is 11.9 Å². The minimum atomic E-state index is -0.288. The van der Waals surface area contributed by atoms with Crippen LogP contribution in [0.25, 0.3) is 10.9 Å². The third kappa shape index (κ3) is 3.34. The molecule has 4 rings (SSSR count). The van der Waals surface area contributed by atoms with Crippen LogP contribution in [0.2, 0.25) is 5.15 Å². The number of aryl methyl sites for hydroxylation is 1. The number of rotatable bonds is 3. The average molecular weight is 394 g/mol. The Morgan fingerprint density at radius 2 is 1.93 bits per heavy atom. The largest absolute Gasteiger partial charge is 0.497 e. The zero-order valence-electron chi connectivity index (χ0n) is 15.9. The second-order valence-corrected chi connectivity index (χ2v) is 7.28. The van der Waals surface area contributed by atoms with Crippen molar-refractivity contribution in [1.29, 1.82) is 0 Å². The van der Waals surface area contributed by atoms with Crippen molar-refractivity contribution < 1.29 is 9.53 Å². The molecule has 1 atom stereocenters. The molecule has 0 fully saturated rings. The number of amides is 1. The number of methoxy groups -OCH3 is 1. The first-order chi connectivity index (χ1) is 13.5. The lowest BCUT2D eigenvalue weighted by Gasteiger charge is -2.21. The van der Waals surface area contributed by atoms with Gasteiger partial charge in [-0.2, -0.15) is 5.10 Å². The molecule has 1 aliphatic rings. The summed E-state index contributed by atoms with van der Waals surface area (Å²) < 4.78 is 5.31. The molecule has 1 amide bonds. The van der Waals surface area contributed by atoms with Crippen LogP contribution in [0, 0.1) is 6.92 Å². The van der Waals surface area contributed by atoms with E-state index in [2.05, 4.69) is 10.1 Å². The lowest BCUT2D eigenvalue weighted by Crippen LogP contribution is -2.24. The molecule has 0 unspecified atom stereocenters. The lowest BCUT2D eigenvalue weighted by molar-refractivity contribution is -0.130. The van der Waals surface area contributed by atoms with E-state index < -0.39 is 0 Å². The first-order valence-corrected chi connectivity index (χ1v) is 9.42. The zero-order valence-corrected chi connectivity index (χ0v) is 16.7. The molecule has 0 N–H and O–H groups in total. The minimum absolute atomic E-state index is 0.131. The van der Waals surface area contributed by atoms with Gasteiger partial charge in [0.25, 0.3) is 0 Å². The van der Waals surface area contributed by atoms with E-state index >= 15 is 0 Å². The number of hydrazone groups is 1. The van der Waals surface area contributed by atoms with Gasteiger partial charge in [0.15, 0.2) is 0 Å². The average Bonchev–Trinajstić information content (AvgIpc) is 3.13. The molecule has 0 saturated heterocycles. The van der Waals surface area contributed by atoms with Gasteiger partial charge in [-0.05, 0) is 36.8 Å². The summed E-state index contributed by atoms with van der Waals surface area (Å²) in [6.07, 6.45) is 0.583. The summed E-state index contributed by atoms with van der Waals surface area (Å²) in [6.45, 7) is 3.56. The summed E-state index contributed by atoms with van der Waals surface area (Å²) in [5, 5.41) is 7.39. The van der Waals surface area contributed by atoms with Gasteiger partial charge in [0.2, 0.25) is 5.91 Å². The number of fused-ring (bicyclic) bond motifs is 1. The predicted octanol–water partition coefficient (Wildman–Crippen LogP) is 4.90. The molecule has 1 aliphatic heterocycles. The second kappa shape index (κ2) is 7.24. The number of nitrogens with zero attached hydrogens (tertiary/aromatic N) is 3. The molecule has 0 bridgehead atoms. The normalized spacial score (nSPS) is 16.4. The summed E-state index contributed by atoms with van der Waals surface area (Å²) in [7, 11) is 1.63. The minimum Gasteiger partial charge on any atom is -0.497 e. The van der Waals surface area contributed by atoms with E-state index in [1.807, 2.05) is 55.5 Å². The lowest BCUT2D eigenvalue weighted by atomic mass is 9.98. The van der Waals surface area contributed by atoms with Crippen LogP contribution in [0.3, 0.4) is 0 Å². The number of carbonyl (C=O) groups excluding carboxylic acids is 1. The highest BCUT2D eigenvalue weighted by Crippen LogP contribution is 2.37. The van der Waals surface area contributed by atoms with Crippen LogP contribution in [-0.4, -0.2) is 28.7 Å². The molecule has 6 heteroatoms. The van der Waals surface area contributed by atoms with Crippen molar-refractivity contribution in [3.05, 3.63) is 70.4 Å². The molecule has 5 nitrogen and oxygen atoms in total. The van der Waals surface area contributed by atoms with Gasteiger partial charge >= 0.3 is 0 Å². The number of hydrogen-bond acceptors (Lipinski definition) is 4. The van der Waals surface area contributed by atoms with Gasteiger partial charge in [0, 0.05) is 24.3 Å². The van der Waals surface area contributed by atoms with Crippen LogP contribution in [0.4, 0.5) is 0 Å². The fraction of sp³-hybridized carbons (Fsp3) is 0.227. The van der Waals surface area contributed by atoms with Gasteiger partial charge in [-0.15, -0.1) is 0 Å². The van der Waals surface area contributed by atoms with Crippen molar-refractivity contribution in [2.45, 2.75) is 26.3 Å². The summed E-state index contributed by atoms with van der Waals surface area (Å²) in [5.41, 5.74) is 4.61. The van der Waals surface area contributed by atoms with Gasteiger partial charge in [0.1, 0.15) is 10.9 Å². The second-order valence-electron chi connectivity index (χ2n) is 6.92. The highest BCUT2D eigenvalue weighted by Gasteiger charge is 2.33. The SMILES string of the molecule is COc1ccc2nc(Cl)c([C@H]3CC(c4ccc(C)cc4)=NN3C(C)=O)cc2c1. The molecule has 3 aromatic rings. The molecule has 28 heavy (non-hydrogen) atoms. The monoisotopic (exact) mass is 393 g/mol. The maximum absolute atomic E-state index is 12.3. The number of carbonyl (C=O) groups is 1. The molecule has 2 aromatic carbocycles. The fourth-order valence-electron chi connectivity index (χ4n) is 3.47. The number of pyridine rings is 1. The van der Waals surface area contributed by atoms with Gasteiger partial charge in [-0.1, -0.05) is 41.4 Å². The topological polar surface area (TPSA) is 54.8 Å². The molecule has 142 valence electrons. The summed E-state index contributed by atoms with van der Waals surface area (Å²) >= 11 is 6.51. The van der Waals surface area contributed by atoms with Crippen molar-refractivity contribution in [2.75, 3.05) is 7.11 Å². The Morgan fingerprint density at radius 3 is 2.61 bits per heavy atom. The van der Waals surface area contributed by atoms with E-state index in [1.165, 1.54) is 17.5 Å². The predicted molar refractivity (Wildman–Crippen MR) is 111 cm³/mol. The molecule has 0 aliphatic carbocycles. The molecule has 0 spiro atoms. The van der Waals surface area contributed by atoms with Crippen molar-refractivity contribution in [2.24, 2.45) is 5.10 Å². The van der Waals surface area contributed by atoms with Crippen LogP contribution < -0.4 is 4.74 Å². The van der Waals surface area contributed by atoms with E-state index in [9.17, 15) is 4.79 Å². The molecular formula is C22H20ClN3O2. The number of ether oxygens (including phenoxy) is 1.